The van der Waals surface area contributed by atoms with Gasteiger partial charge in [-0.05, 0) is 42.6 Å². The molecule has 182 valence electrons. The summed E-state index contributed by atoms with van der Waals surface area (Å²) < 4.78 is 10.9. The Labute approximate surface area is 188 Å². The first-order valence-corrected chi connectivity index (χ1v) is 11.1. The minimum atomic E-state index is -1.82. The molecule has 1 saturated heterocycles. The lowest BCUT2D eigenvalue weighted by Crippen LogP contribution is -2.51. The van der Waals surface area contributed by atoms with Gasteiger partial charge < -0.3 is 29.7 Å². The molecular formula is C22H36N2O8. The zero-order valence-corrected chi connectivity index (χ0v) is 19.2. The Kier molecular flexibility index (Phi) is 9.47. The third-order valence-electron chi connectivity index (χ3n) is 6.71. The van der Waals surface area contributed by atoms with Gasteiger partial charge in [0.05, 0.1) is 25.9 Å². The molecule has 0 aromatic rings. The van der Waals surface area contributed by atoms with Gasteiger partial charge in [-0.15, -0.1) is 0 Å². The van der Waals surface area contributed by atoms with Crippen LogP contribution in [0.3, 0.4) is 0 Å². The monoisotopic (exact) mass is 456 g/mol. The molecule has 0 radical (unpaired) electrons. The van der Waals surface area contributed by atoms with Crippen LogP contribution >= 0.6 is 0 Å². The molecule has 1 aliphatic heterocycles. The predicted octanol–water partition coefficient (Wildman–Crippen LogP) is 1.29. The lowest BCUT2D eigenvalue weighted by molar-refractivity contribution is -0.159. The highest BCUT2D eigenvalue weighted by Crippen LogP contribution is 2.59. The number of aliphatic hydroxyl groups is 1. The molecule has 3 aliphatic carbocycles. The summed E-state index contributed by atoms with van der Waals surface area (Å²) >= 11 is 0. The van der Waals surface area contributed by atoms with Crippen LogP contribution in [0.5, 0.6) is 0 Å². The number of carbonyl (C=O) groups is 3. The van der Waals surface area contributed by atoms with Gasteiger partial charge in [-0.3, -0.25) is 4.90 Å². The molecule has 2 bridgehead atoms. The summed E-state index contributed by atoms with van der Waals surface area (Å²) in [6.45, 7) is 11.4. The van der Waals surface area contributed by atoms with Gasteiger partial charge in [-0.25, -0.2) is 14.4 Å². The fraction of sp³-hybridized carbons (Fsp3) is 0.773. The van der Waals surface area contributed by atoms with E-state index in [-0.39, 0.29) is 6.09 Å². The van der Waals surface area contributed by atoms with Crippen LogP contribution in [0.15, 0.2) is 11.6 Å². The maximum Gasteiger partial charge on any atom is 0.414 e. The average molecular weight is 457 g/mol. The highest BCUT2D eigenvalue weighted by Gasteiger charge is 2.50. The molecular weight excluding hydrogens is 420 g/mol. The van der Waals surface area contributed by atoms with Crippen LogP contribution < -0.4 is 0 Å². The van der Waals surface area contributed by atoms with Crippen molar-refractivity contribution in [3.8, 4) is 0 Å². The van der Waals surface area contributed by atoms with E-state index in [1.54, 1.807) is 4.90 Å². The number of rotatable bonds is 7. The van der Waals surface area contributed by atoms with Crippen LogP contribution in [-0.4, -0.2) is 102 Å². The van der Waals surface area contributed by atoms with Crippen molar-refractivity contribution in [2.75, 3.05) is 52.5 Å². The van der Waals surface area contributed by atoms with Crippen molar-refractivity contribution in [3.63, 3.8) is 0 Å². The highest BCUT2D eigenvalue weighted by molar-refractivity contribution is 6.27. The SMILES string of the molecule is CCOC(=O)N1CCN(CC(O)COCC2=CCC3CC2C3(C)C)CC1.O=C(O)C(=O)O. The minimum Gasteiger partial charge on any atom is -0.473 e. The Bertz CT molecular complexity index is 688. The third kappa shape index (κ3) is 6.91. The Morgan fingerprint density at radius 3 is 2.28 bits per heavy atom. The molecule has 4 rings (SSSR count). The standard InChI is InChI=1S/C20H34N2O4.C2H2O4/c1-4-26-19(24)22-9-7-21(8-10-22)12-17(23)14-25-13-15-5-6-16-11-18(15)20(16,2)3;3-1(4)2(5)6/h5,16-18,23H,4,6-14H2,1-3H3;(H,3,4)(H,5,6). The third-order valence-corrected chi connectivity index (χ3v) is 6.71. The molecule has 3 N–H and O–H groups in total. The van der Waals surface area contributed by atoms with E-state index in [0.29, 0.717) is 50.8 Å². The number of β-amino-alcohol motifs (C(OH)–C–C–N with tert-alkyl or cyclic N) is 1. The van der Waals surface area contributed by atoms with E-state index in [2.05, 4.69) is 24.8 Å². The molecule has 0 aromatic carbocycles. The van der Waals surface area contributed by atoms with Crippen LogP contribution in [0.2, 0.25) is 0 Å². The normalized spacial score (nSPS) is 24.9. The molecule has 3 atom stereocenters. The van der Waals surface area contributed by atoms with Crippen LogP contribution in [0.1, 0.15) is 33.6 Å². The summed E-state index contributed by atoms with van der Waals surface area (Å²) in [6, 6.07) is 0. The van der Waals surface area contributed by atoms with E-state index in [1.807, 2.05) is 6.92 Å². The topological polar surface area (TPSA) is 137 Å². The Morgan fingerprint density at radius 2 is 1.78 bits per heavy atom. The Balaban J connectivity index is 0.000000534. The van der Waals surface area contributed by atoms with Gasteiger partial charge in [-0.1, -0.05) is 19.9 Å². The minimum absolute atomic E-state index is 0.238. The fourth-order valence-corrected chi connectivity index (χ4v) is 4.63. The molecule has 4 aliphatic rings. The van der Waals surface area contributed by atoms with Crippen molar-refractivity contribution in [2.24, 2.45) is 17.3 Å². The molecule has 2 fully saturated rings. The van der Waals surface area contributed by atoms with Gasteiger partial charge in [0.25, 0.3) is 0 Å². The van der Waals surface area contributed by atoms with Crippen LogP contribution in [-0.2, 0) is 19.1 Å². The van der Waals surface area contributed by atoms with Crippen molar-refractivity contribution in [3.05, 3.63) is 11.6 Å². The lowest BCUT2D eigenvalue weighted by Gasteiger charge is -2.56. The molecule has 0 spiro atoms. The van der Waals surface area contributed by atoms with Crippen molar-refractivity contribution in [2.45, 2.75) is 39.7 Å². The number of nitrogens with zero attached hydrogens (tertiary/aromatic N) is 2. The number of carboxylic acids is 2. The Morgan fingerprint density at radius 1 is 1.16 bits per heavy atom. The summed E-state index contributed by atoms with van der Waals surface area (Å²) in [5.74, 6) is -2.14. The van der Waals surface area contributed by atoms with Gasteiger partial charge >= 0.3 is 18.0 Å². The van der Waals surface area contributed by atoms with Gasteiger partial charge in [0, 0.05) is 32.7 Å². The van der Waals surface area contributed by atoms with Gasteiger partial charge in [-0.2, -0.15) is 0 Å². The zero-order chi connectivity index (χ0) is 23.9. The quantitative estimate of drug-likeness (QED) is 0.382. The first-order chi connectivity index (χ1) is 15.1. The molecule has 10 nitrogen and oxygen atoms in total. The molecule has 1 saturated carbocycles. The van der Waals surface area contributed by atoms with Gasteiger partial charge in [0.2, 0.25) is 0 Å². The van der Waals surface area contributed by atoms with E-state index in [4.69, 9.17) is 29.3 Å². The number of ether oxygens (including phenoxy) is 2. The van der Waals surface area contributed by atoms with Crippen molar-refractivity contribution in [1.82, 2.24) is 9.80 Å². The number of fused-ring (bicyclic) bond motifs is 1. The second kappa shape index (κ2) is 11.6. The number of amides is 1. The number of hydrogen-bond donors (Lipinski definition) is 3. The second-order valence-electron chi connectivity index (χ2n) is 9.09. The van der Waals surface area contributed by atoms with Gasteiger partial charge in [0.15, 0.2) is 0 Å². The van der Waals surface area contributed by atoms with E-state index < -0.39 is 18.0 Å². The van der Waals surface area contributed by atoms with E-state index >= 15 is 0 Å². The molecule has 1 heterocycles. The number of aliphatic carboxylic acids is 2. The molecule has 1 amide bonds. The smallest absolute Gasteiger partial charge is 0.414 e. The first-order valence-electron chi connectivity index (χ1n) is 11.1. The highest BCUT2D eigenvalue weighted by atomic mass is 16.6. The summed E-state index contributed by atoms with van der Waals surface area (Å²) in [7, 11) is 0. The van der Waals surface area contributed by atoms with E-state index in [9.17, 15) is 9.90 Å². The molecule has 32 heavy (non-hydrogen) atoms. The largest absolute Gasteiger partial charge is 0.473 e. The summed E-state index contributed by atoms with van der Waals surface area (Å²) in [6.07, 6.45) is 4.10. The fourth-order valence-electron chi connectivity index (χ4n) is 4.63. The number of hydrogen-bond acceptors (Lipinski definition) is 7. The van der Waals surface area contributed by atoms with Crippen LogP contribution in [0.25, 0.3) is 0 Å². The lowest BCUT2D eigenvalue weighted by atomic mass is 9.49. The molecule has 0 aromatic heterocycles. The number of allylic oxidation sites excluding steroid dienone is 1. The van der Waals surface area contributed by atoms with Crippen molar-refractivity contribution >= 4 is 18.0 Å². The predicted molar refractivity (Wildman–Crippen MR) is 115 cm³/mol. The maximum absolute atomic E-state index is 11.7. The average Bonchev–Trinajstić information content (AvgIpc) is 2.74. The summed E-state index contributed by atoms with van der Waals surface area (Å²) in [5, 5.41) is 25.1. The summed E-state index contributed by atoms with van der Waals surface area (Å²) in [4.78, 5) is 33.8. The van der Waals surface area contributed by atoms with Gasteiger partial charge in [0.1, 0.15) is 0 Å². The first kappa shape index (κ1) is 26.1. The zero-order valence-electron chi connectivity index (χ0n) is 19.2. The van der Waals surface area contributed by atoms with Crippen LogP contribution in [0.4, 0.5) is 4.79 Å². The maximum atomic E-state index is 11.7. The summed E-state index contributed by atoms with van der Waals surface area (Å²) in [5.41, 5.74) is 1.85. The van der Waals surface area contributed by atoms with Crippen molar-refractivity contribution < 1.29 is 39.2 Å². The number of carboxylic acid groups (broad SMARTS) is 2. The number of piperazine rings is 1. The van der Waals surface area contributed by atoms with E-state index in [1.165, 1.54) is 18.4 Å². The van der Waals surface area contributed by atoms with Crippen LogP contribution in [0, 0.1) is 17.3 Å². The second-order valence-corrected chi connectivity index (χ2v) is 9.09. The Hall–Kier alpha value is -2.17. The molecule has 3 unspecified atom stereocenters. The van der Waals surface area contributed by atoms with Crippen molar-refractivity contribution in [1.29, 1.82) is 0 Å². The number of carbonyl (C=O) groups excluding carboxylic acids is 1. The number of aliphatic hydroxyl groups excluding tert-OH is 1. The molecule has 10 heteroatoms. The van der Waals surface area contributed by atoms with E-state index in [0.717, 1.165) is 19.0 Å².